The molecule has 1 unspecified atom stereocenters. The summed E-state index contributed by atoms with van der Waals surface area (Å²) < 4.78 is 5.44. The number of likely N-dealkylation sites (tertiary alicyclic amines) is 1. The minimum Gasteiger partial charge on any atom is -0.445 e. The van der Waals surface area contributed by atoms with Crippen molar-refractivity contribution >= 4 is 28.5 Å². The maximum Gasteiger partial charge on any atom is 0.410 e. The fourth-order valence-electron chi connectivity index (χ4n) is 4.18. The highest BCUT2D eigenvalue weighted by atomic mass is 32.1. The summed E-state index contributed by atoms with van der Waals surface area (Å²) in [7, 11) is 0. The summed E-state index contributed by atoms with van der Waals surface area (Å²) >= 11 is 1.37. The van der Waals surface area contributed by atoms with Crippen LogP contribution in [-0.2, 0) is 16.1 Å². The van der Waals surface area contributed by atoms with Gasteiger partial charge in [-0.2, -0.15) is 0 Å². The second-order valence-electron chi connectivity index (χ2n) is 8.36. The first-order valence-electron chi connectivity index (χ1n) is 11.6. The van der Waals surface area contributed by atoms with E-state index in [0.29, 0.717) is 18.1 Å². The fourth-order valence-corrected chi connectivity index (χ4v) is 4.90. The zero-order valence-corrected chi connectivity index (χ0v) is 19.9. The Morgan fingerprint density at radius 1 is 0.914 bits per heavy atom. The average Bonchev–Trinajstić information content (AvgIpc) is 3.59. The number of benzene rings is 3. The lowest BCUT2D eigenvalue weighted by Gasteiger charge is -2.22. The van der Waals surface area contributed by atoms with Gasteiger partial charge in [-0.25, -0.2) is 9.78 Å². The lowest BCUT2D eigenvalue weighted by molar-refractivity contribution is -0.120. The topological polar surface area (TPSA) is 71.5 Å². The quantitative estimate of drug-likeness (QED) is 0.354. The molecule has 1 fully saturated rings. The molecule has 0 aliphatic carbocycles. The van der Waals surface area contributed by atoms with Gasteiger partial charge in [0.05, 0.1) is 5.69 Å². The van der Waals surface area contributed by atoms with Crippen molar-refractivity contribution in [3.8, 4) is 22.4 Å². The zero-order valence-electron chi connectivity index (χ0n) is 19.1. The Morgan fingerprint density at radius 3 is 2.31 bits per heavy atom. The van der Waals surface area contributed by atoms with Crippen LogP contribution in [-0.4, -0.2) is 34.5 Å². The van der Waals surface area contributed by atoms with E-state index < -0.39 is 12.1 Å². The number of ether oxygens (including phenoxy) is 1. The van der Waals surface area contributed by atoms with Crippen molar-refractivity contribution in [2.75, 3.05) is 11.9 Å². The first-order chi connectivity index (χ1) is 17.2. The average molecular weight is 484 g/mol. The third-order valence-electron chi connectivity index (χ3n) is 6.02. The number of nitrogens with zero attached hydrogens (tertiary/aromatic N) is 2. The Morgan fingerprint density at radius 2 is 1.57 bits per heavy atom. The summed E-state index contributed by atoms with van der Waals surface area (Å²) in [6, 6.07) is 27.4. The van der Waals surface area contributed by atoms with E-state index in [1.807, 2.05) is 66.0 Å². The highest BCUT2D eigenvalue weighted by Gasteiger charge is 2.35. The van der Waals surface area contributed by atoms with Gasteiger partial charge in [0.2, 0.25) is 5.91 Å². The first-order valence-corrected chi connectivity index (χ1v) is 12.4. The van der Waals surface area contributed by atoms with Gasteiger partial charge in [0.25, 0.3) is 0 Å². The van der Waals surface area contributed by atoms with E-state index in [0.717, 1.165) is 34.4 Å². The van der Waals surface area contributed by atoms with Crippen LogP contribution in [0.5, 0.6) is 0 Å². The summed E-state index contributed by atoms with van der Waals surface area (Å²) in [5, 5.41) is 5.33. The van der Waals surface area contributed by atoms with Gasteiger partial charge in [-0.05, 0) is 29.5 Å². The number of aromatic nitrogens is 1. The number of hydrogen-bond donors (Lipinski definition) is 1. The molecule has 2 amide bonds. The van der Waals surface area contributed by atoms with Crippen molar-refractivity contribution in [2.24, 2.45) is 0 Å². The van der Waals surface area contributed by atoms with Crippen molar-refractivity contribution in [2.45, 2.75) is 25.5 Å². The van der Waals surface area contributed by atoms with Gasteiger partial charge in [0.15, 0.2) is 5.13 Å². The molecule has 2 heterocycles. The molecule has 1 aliphatic rings. The zero-order chi connectivity index (χ0) is 24.0. The van der Waals surface area contributed by atoms with Gasteiger partial charge in [0.1, 0.15) is 12.6 Å². The van der Waals surface area contributed by atoms with Crippen LogP contribution in [0.15, 0.2) is 90.3 Å². The predicted octanol–water partition coefficient (Wildman–Crippen LogP) is 6.22. The van der Waals surface area contributed by atoms with Crippen molar-refractivity contribution in [3.05, 3.63) is 95.9 Å². The monoisotopic (exact) mass is 483 g/mol. The predicted molar refractivity (Wildman–Crippen MR) is 138 cm³/mol. The SMILES string of the molecule is O=C(Nc1nc(-c2ccc(-c3ccccc3)cc2)cs1)C1CCCN1C(=O)OCc1ccccc1. The smallest absolute Gasteiger partial charge is 0.410 e. The second kappa shape index (κ2) is 10.5. The Hall–Kier alpha value is -3.97. The number of carbonyl (C=O) groups is 2. The molecule has 1 saturated heterocycles. The minimum absolute atomic E-state index is 0.184. The third-order valence-corrected chi connectivity index (χ3v) is 6.77. The van der Waals surface area contributed by atoms with Gasteiger partial charge in [-0.1, -0.05) is 84.9 Å². The molecule has 1 aromatic heterocycles. The van der Waals surface area contributed by atoms with E-state index in [1.54, 1.807) is 0 Å². The van der Waals surface area contributed by atoms with Crippen LogP contribution in [0.1, 0.15) is 18.4 Å². The van der Waals surface area contributed by atoms with Crippen molar-refractivity contribution in [1.82, 2.24) is 9.88 Å². The highest BCUT2D eigenvalue weighted by Crippen LogP contribution is 2.28. The summed E-state index contributed by atoms with van der Waals surface area (Å²) in [4.78, 5) is 31.7. The number of thiazole rings is 1. The first kappa shape index (κ1) is 22.8. The van der Waals surface area contributed by atoms with Crippen LogP contribution in [0.25, 0.3) is 22.4 Å². The summed E-state index contributed by atoms with van der Waals surface area (Å²) in [6.45, 7) is 0.687. The number of nitrogens with one attached hydrogen (secondary N) is 1. The van der Waals surface area contributed by atoms with Crippen LogP contribution in [0, 0.1) is 0 Å². The maximum absolute atomic E-state index is 13.0. The summed E-state index contributed by atoms with van der Waals surface area (Å²) in [6.07, 6.45) is 0.894. The second-order valence-corrected chi connectivity index (χ2v) is 9.22. The largest absolute Gasteiger partial charge is 0.445 e. The molecule has 35 heavy (non-hydrogen) atoms. The molecule has 7 heteroatoms. The van der Waals surface area contributed by atoms with Crippen molar-refractivity contribution in [1.29, 1.82) is 0 Å². The molecule has 1 N–H and O–H groups in total. The molecule has 4 aromatic rings. The van der Waals surface area contributed by atoms with Crippen molar-refractivity contribution < 1.29 is 14.3 Å². The standard InChI is InChI=1S/C28H25N3O3S/c32-26(25-12-7-17-31(25)28(33)34-18-20-8-3-1-4-9-20)30-27-29-24(19-35-27)23-15-13-22(14-16-23)21-10-5-2-6-11-21/h1-6,8-11,13-16,19,25H,7,12,17-18H2,(H,29,30,32). The van der Waals surface area contributed by atoms with E-state index in [1.165, 1.54) is 16.2 Å². The molecule has 0 radical (unpaired) electrons. The molecule has 6 nitrogen and oxygen atoms in total. The molecule has 1 atom stereocenters. The number of rotatable bonds is 6. The summed E-state index contributed by atoms with van der Waals surface area (Å²) in [5.74, 6) is -0.237. The number of hydrogen-bond acceptors (Lipinski definition) is 5. The van der Waals surface area contributed by atoms with Crippen LogP contribution in [0.3, 0.4) is 0 Å². The number of carbonyl (C=O) groups excluding carboxylic acids is 2. The molecule has 0 spiro atoms. The van der Waals surface area contributed by atoms with E-state index in [-0.39, 0.29) is 12.5 Å². The normalized spacial score (nSPS) is 15.1. The third kappa shape index (κ3) is 5.41. The van der Waals surface area contributed by atoms with Crippen LogP contribution < -0.4 is 5.32 Å². The van der Waals surface area contributed by atoms with Gasteiger partial charge < -0.3 is 10.1 Å². The van der Waals surface area contributed by atoms with Crippen LogP contribution >= 0.6 is 11.3 Å². The lowest BCUT2D eigenvalue weighted by Crippen LogP contribution is -2.43. The Kier molecular flexibility index (Phi) is 6.86. The number of amides is 2. The lowest BCUT2D eigenvalue weighted by atomic mass is 10.0. The Bertz CT molecular complexity index is 1290. The van der Waals surface area contributed by atoms with Crippen molar-refractivity contribution in [3.63, 3.8) is 0 Å². The van der Waals surface area contributed by atoms with Gasteiger partial charge in [-0.15, -0.1) is 11.3 Å². The van der Waals surface area contributed by atoms with E-state index >= 15 is 0 Å². The van der Waals surface area contributed by atoms with E-state index in [4.69, 9.17) is 4.74 Å². The highest BCUT2D eigenvalue weighted by molar-refractivity contribution is 7.14. The Balaban J connectivity index is 1.20. The van der Waals surface area contributed by atoms with Gasteiger partial charge >= 0.3 is 6.09 Å². The molecule has 1 aliphatic heterocycles. The fraction of sp³-hybridized carbons (Fsp3) is 0.179. The van der Waals surface area contributed by atoms with Gasteiger partial charge in [0, 0.05) is 17.5 Å². The Labute approximate surface area is 208 Å². The summed E-state index contributed by atoms with van der Waals surface area (Å²) in [5.41, 5.74) is 4.99. The maximum atomic E-state index is 13.0. The van der Waals surface area contributed by atoms with E-state index in [9.17, 15) is 9.59 Å². The molecular weight excluding hydrogens is 458 g/mol. The number of anilines is 1. The minimum atomic E-state index is -0.559. The molecule has 3 aromatic carbocycles. The van der Waals surface area contributed by atoms with E-state index in [2.05, 4.69) is 34.6 Å². The van der Waals surface area contributed by atoms with Crippen LogP contribution in [0.4, 0.5) is 9.93 Å². The molecule has 0 saturated carbocycles. The molecule has 176 valence electrons. The van der Waals surface area contributed by atoms with Crippen LogP contribution in [0.2, 0.25) is 0 Å². The molecule has 5 rings (SSSR count). The van der Waals surface area contributed by atoms with Gasteiger partial charge in [-0.3, -0.25) is 9.69 Å². The molecular formula is C28H25N3O3S. The molecule has 0 bridgehead atoms.